The Morgan fingerprint density at radius 2 is 2.40 bits per heavy atom. The molecule has 0 heterocycles. The van der Waals surface area contributed by atoms with Crippen molar-refractivity contribution in [2.45, 2.75) is 6.92 Å². The van der Waals surface area contributed by atoms with E-state index >= 15 is 0 Å². The largest absolute Gasteiger partial charge is 0.481 e. The molecule has 54 valence electrons. The third-order valence-corrected chi connectivity index (χ3v) is 0.982. The van der Waals surface area contributed by atoms with E-state index in [2.05, 4.69) is 12.3 Å². The first-order valence-corrected chi connectivity index (χ1v) is 2.95. The van der Waals surface area contributed by atoms with Gasteiger partial charge in [-0.2, -0.15) is 0 Å². The lowest BCUT2D eigenvalue weighted by atomic mass is 10.1. The van der Waals surface area contributed by atoms with Gasteiger partial charge in [0.25, 0.3) is 0 Å². The van der Waals surface area contributed by atoms with Gasteiger partial charge in [-0.15, -0.1) is 12.3 Å². The van der Waals surface area contributed by atoms with E-state index in [9.17, 15) is 4.79 Å². The molecule has 0 saturated carbocycles. The van der Waals surface area contributed by atoms with Crippen LogP contribution in [-0.4, -0.2) is 11.1 Å². The molecule has 0 aromatic rings. The summed E-state index contributed by atoms with van der Waals surface area (Å²) in [7, 11) is 0. The van der Waals surface area contributed by atoms with Crippen LogP contribution in [0.3, 0.4) is 0 Å². The van der Waals surface area contributed by atoms with Crippen molar-refractivity contribution in [1.29, 1.82) is 0 Å². The summed E-state index contributed by atoms with van der Waals surface area (Å²) in [6.07, 6.45) is 4.47. The molecular formula is C8H10O2. The third-order valence-electron chi connectivity index (χ3n) is 0.982. The van der Waals surface area contributed by atoms with E-state index in [1.165, 1.54) is 12.2 Å². The maximum atomic E-state index is 10.3. The number of rotatable bonds is 3. The van der Waals surface area contributed by atoms with E-state index in [4.69, 9.17) is 5.11 Å². The molecule has 0 saturated heterocycles. The summed E-state index contributed by atoms with van der Waals surface area (Å²) < 4.78 is 0. The van der Waals surface area contributed by atoms with Gasteiger partial charge in [0.05, 0.1) is 5.92 Å². The molecule has 0 bridgehead atoms. The minimum atomic E-state index is -0.899. The lowest BCUT2D eigenvalue weighted by Crippen LogP contribution is -2.06. The van der Waals surface area contributed by atoms with Crippen LogP contribution in [0.25, 0.3) is 0 Å². The van der Waals surface area contributed by atoms with Gasteiger partial charge in [0.2, 0.25) is 0 Å². The van der Waals surface area contributed by atoms with Crippen LogP contribution in [0.4, 0.5) is 0 Å². The molecule has 0 fully saturated rings. The summed E-state index contributed by atoms with van der Waals surface area (Å²) >= 11 is 0. The second-order valence-electron chi connectivity index (χ2n) is 1.72. The summed E-state index contributed by atoms with van der Waals surface area (Å²) in [4.78, 5) is 10.3. The minimum absolute atomic E-state index is 0.615. The smallest absolute Gasteiger partial charge is 0.314 e. The van der Waals surface area contributed by atoms with Crippen LogP contribution in [0, 0.1) is 5.92 Å². The number of carboxylic acids is 1. The first-order chi connectivity index (χ1) is 4.72. The molecule has 0 spiro atoms. The van der Waals surface area contributed by atoms with E-state index in [-0.39, 0.29) is 0 Å². The Labute approximate surface area is 60.2 Å². The van der Waals surface area contributed by atoms with Crippen molar-refractivity contribution >= 4 is 5.97 Å². The van der Waals surface area contributed by atoms with E-state index < -0.39 is 11.9 Å². The summed E-state index contributed by atoms with van der Waals surface area (Å²) in [5, 5.41) is 8.44. The predicted octanol–water partition coefficient (Wildman–Crippen LogP) is 1.60. The molecule has 0 rings (SSSR count). The summed E-state index contributed by atoms with van der Waals surface area (Å²) in [6.45, 7) is 5.15. The van der Waals surface area contributed by atoms with E-state index in [1.54, 1.807) is 13.0 Å². The minimum Gasteiger partial charge on any atom is -0.481 e. The second kappa shape index (κ2) is 4.59. The molecule has 0 aliphatic heterocycles. The first-order valence-electron chi connectivity index (χ1n) is 2.95. The Kier molecular flexibility index (Phi) is 4.01. The SMILES string of the molecule is C=CC(C=C=CC)C(=O)O. The van der Waals surface area contributed by atoms with Crippen LogP contribution in [0.1, 0.15) is 6.92 Å². The van der Waals surface area contributed by atoms with Crippen molar-refractivity contribution in [1.82, 2.24) is 0 Å². The zero-order valence-electron chi connectivity index (χ0n) is 5.87. The van der Waals surface area contributed by atoms with Crippen LogP contribution in [-0.2, 0) is 4.79 Å². The van der Waals surface area contributed by atoms with Crippen LogP contribution in [0.2, 0.25) is 0 Å². The van der Waals surface area contributed by atoms with Crippen molar-refractivity contribution in [3.05, 3.63) is 30.5 Å². The highest BCUT2D eigenvalue weighted by atomic mass is 16.4. The number of hydrogen-bond donors (Lipinski definition) is 1. The quantitative estimate of drug-likeness (QED) is 0.475. The molecule has 2 nitrogen and oxygen atoms in total. The Morgan fingerprint density at radius 3 is 2.70 bits per heavy atom. The molecule has 0 amide bonds. The zero-order valence-corrected chi connectivity index (χ0v) is 5.87. The highest BCUT2D eigenvalue weighted by Crippen LogP contribution is 1.97. The van der Waals surface area contributed by atoms with Crippen molar-refractivity contribution in [2.75, 3.05) is 0 Å². The van der Waals surface area contributed by atoms with Gasteiger partial charge in [0.15, 0.2) is 0 Å². The van der Waals surface area contributed by atoms with Gasteiger partial charge in [-0.3, -0.25) is 4.79 Å². The van der Waals surface area contributed by atoms with Gasteiger partial charge in [-0.1, -0.05) is 6.08 Å². The topological polar surface area (TPSA) is 37.3 Å². The molecule has 0 aromatic carbocycles. The van der Waals surface area contributed by atoms with Crippen molar-refractivity contribution in [3.8, 4) is 0 Å². The fourth-order valence-corrected chi connectivity index (χ4v) is 0.440. The molecule has 1 N–H and O–H groups in total. The average molecular weight is 138 g/mol. The van der Waals surface area contributed by atoms with Crippen LogP contribution in [0.5, 0.6) is 0 Å². The molecule has 0 radical (unpaired) electrons. The van der Waals surface area contributed by atoms with E-state index in [1.807, 2.05) is 0 Å². The van der Waals surface area contributed by atoms with Crippen LogP contribution in [0.15, 0.2) is 30.5 Å². The van der Waals surface area contributed by atoms with Gasteiger partial charge < -0.3 is 5.11 Å². The van der Waals surface area contributed by atoms with Crippen LogP contribution < -0.4 is 0 Å². The first kappa shape index (κ1) is 8.73. The lowest BCUT2D eigenvalue weighted by molar-refractivity contribution is -0.138. The second-order valence-corrected chi connectivity index (χ2v) is 1.72. The standard InChI is InChI=1S/C8H10O2/c1-3-5-6-7(4-2)8(9)10/h3-4,6-7H,2H2,1H3,(H,9,10). The Balaban J connectivity index is 4.23. The maximum absolute atomic E-state index is 10.3. The number of aliphatic carboxylic acids is 1. The van der Waals surface area contributed by atoms with Gasteiger partial charge in [0.1, 0.15) is 0 Å². The van der Waals surface area contributed by atoms with Crippen molar-refractivity contribution < 1.29 is 9.90 Å². The van der Waals surface area contributed by atoms with Gasteiger partial charge in [-0.25, -0.2) is 0 Å². The van der Waals surface area contributed by atoms with Crippen molar-refractivity contribution in [3.63, 3.8) is 0 Å². The van der Waals surface area contributed by atoms with E-state index in [0.717, 1.165) is 0 Å². The Hall–Kier alpha value is -1.27. The van der Waals surface area contributed by atoms with Crippen LogP contribution >= 0.6 is 0 Å². The van der Waals surface area contributed by atoms with Gasteiger partial charge >= 0.3 is 5.97 Å². The number of hydrogen-bond acceptors (Lipinski definition) is 1. The highest BCUT2D eigenvalue weighted by molar-refractivity contribution is 5.74. The third kappa shape index (κ3) is 2.90. The van der Waals surface area contributed by atoms with Crippen molar-refractivity contribution in [2.24, 2.45) is 5.92 Å². The maximum Gasteiger partial charge on any atom is 0.314 e. The molecule has 0 aliphatic carbocycles. The molecule has 1 atom stereocenters. The fourth-order valence-electron chi connectivity index (χ4n) is 0.440. The summed E-state index contributed by atoms with van der Waals surface area (Å²) in [5.74, 6) is -1.51. The normalized spacial score (nSPS) is 10.9. The Bertz CT molecular complexity index is 185. The zero-order chi connectivity index (χ0) is 7.98. The number of carbonyl (C=O) groups is 1. The predicted molar refractivity (Wildman–Crippen MR) is 39.6 cm³/mol. The highest BCUT2D eigenvalue weighted by Gasteiger charge is 2.06. The fraction of sp³-hybridized carbons (Fsp3) is 0.250. The molecule has 0 aliphatic rings. The number of carboxylic acid groups (broad SMARTS) is 1. The molecule has 0 aromatic heterocycles. The summed E-state index contributed by atoms with van der Waals surface area (Å²) in [5.41, 5.74) is 2.68. The lowest BCUT2D eigenvalue weighted by Gasteiger charge is -1.94. The molecule has 10 heavy (non-hydrogen) atoms. The van der Waals surface area contributed by atoms with Gasteiger partial charge in [-0.05, 0) is 19.1 Å². The molecular weight excluding hydrogens is 128 g/mol. The molecule has 1 unspecified atom stereocenters. The molecule has 2 heteroatoms. The van der Waals surface area contributed by atoms with E-state index in [0.29, 0.717) is 0 Å². The average Bonchev–Trinajstić information content (AvgIpc) is 1.89. The monoisotopic (exact) mass is 138 g/mol. The Morgan fingerprint density at radius 1 is 1.80 bits per heavy atom. The summed E-state index contributed by atoms with van der Waals surface area (Å²) in [6, 6.07) is 0. The van der Waals surface area contributed by atoms with Gasteiger partial charge in [0, 0.05) is 0 Å².